The molecule has 4 aliphatic carbocycles. The zero-order valence-corrected chi connectivity index (χ0v) is 16.2. The number of Topliss-reactive ketones (excluding diaryl/α,β-unsaturated/α-hetero) is 1. The van der Waals surface area contributed by atoms with Crippen molar-refractivity contribution in [2.24, 2.45) is 34.5 Å². The molecule has 0 aromatic heterocycles. The maximum Gasteiger partial charge on any atom is 0.374 e. The highest BCUT2D eigenvalue weighted by atomic mass is 16.5. The molecule has 0 amide bonds. The molecule has 5 heteroatoms. The Morgan fingerprint density at radius 2 is 1.96 bits per heavy atom. The molecule has 3 saturated carbocycles. The summed E-state index contributed by atoms with van der Waals surface area (Å²) in [5.74, 6) is -0.929. The number of esters is 1. The van der Waals surface area contributed by atoms with E-state index in [0.717, 1.165) is 24.8 Å². The smallest absolute Gasteiger partial charge is 0.374 e. The average molecular weight is 372 g/mol. The van der Waals surface area contributed by atoms with Crippen LogP contribution in [0.3, 0.4) is 0 Å². The molecule has 7 atom stereocenters. The number of rotatable bonds is 2. The molecule has 3 fully saturated rings. The first-order chi connectivity index (χ1) is 12.7. The maximum atomic E-state index is 12.6. The van der Waals surface area contributed by atoms with Crippen molar-refractivity contribution < 1.29 is 24.2 Å². The topological polar surface area (TPSA) is 80.7 Å². The molecule has 0 spiro atoms. The molecular weight excluding hydrogens is 344 g/mol. The fourth-order valence-electron chi connectivity index (χ4n) is 7.00. The molecular formula is C22H28O5. The number of ether oxygens (including phenoxy) is 1. The number of hydrogen-bond acceptors (Lipinski definition) is 5. The highest BCUT2D eigenvalue weighted by Crippen LogP contribution is 2.66. The summed E-state index contributed by atoms with van der Waals surface area (Å²) in [5, 5.41) is 11.2. The predicted molar refractivity (Wildman–Crippen MR) is 98.5 cm³/mol. The normalized spacial score (nSPS) is 45.4. The minimum atomic E-state index is -0.770. The van der Waals surface area contributed by atoms with Gasteiger partial charge in [0, 0.05) is 17.3 Å². The Balaban J connectivity index is 1.69. The summed E-state index contributed by atoms with van der Waals surface area (Å²) < 4.78 is 4.68. The molecule has 1 N–H and O–H groups in total. The van der Waals surface area contributed by atoms with Gasteiger partial charge in [-0.05, 0) is 61.5 Å². The van der Waals surface area contributed by atoms with Crippen molar-refractivity contribution in [3.05, 3.63) is 23.8 Å². The Bertz CT molecular complexity index is 765. The van der Waals surface area contributed by atoms with E-state index in [0.29, 0.717) is 18.8 Å². The number of aliphatic hydroxyl groups is 1. The molecule has 4 aliphatic rings. The van der Waals surface area contributed by atoms with Crippen molar-refractivity contribution in [3.8, 4) is 0 Å². The van der Waals surface area contributed by atoms with E-state index in [-0.39, 0.29) is 34.4 Å². The Kier molecular flexibility index (Phi) is 4.22. The van der Waals surface area contributed by atoms with Gasteiger partial charge in [-0.3, -0.25) is 9.59 Å². The van der Waals surface area contributed by atoms with Crippen LogP contribution in [0.25, 0.3) is 0 Å². The van der Waals surface area contributed by atoms with E-state index in [4.69, 9.17) is 0 Å². The quantitative estimate of drug-likeness (QED) is 0.595. The standard InChI is InChI=1S/C22H28O5/c1-21-9-8-13(23)10-12(21)4-5-14-15-6-7-16(19(25)20(26)27-3)22(15,2)11-17(24)18(14)21/h8-10,14-18,24H,4-7,11H2,1-3H3/t14-,15-,16+,17?,18+,21-,22-/m0/s1. The second kappa shape index (κ2) is 6.13. The van der Waals surface area contributed by atoms with Crippen molar-refractivity contribution in [1.82, 2.24) is 0 Å². The lowest BCUT2D eigenvalue weighted by Gasteiger charge is -2.58. The van der Waals surface area contributed by atoms with Gasteiger partial charge in [0.2, 0.25) is 5.78 Å². The number of allylic oxidation sites excluding steroid dienone is 4. The zero-order chi connectivity index (χ0) is 19.6. The van der Waals surface area contributed by atoms with Crippen molar-refractivity contribution in [2.75, 3.05) is 7.11 Å². The lowest BCUT2D eigenvalue weighted by atomic mass is 9.46. The van der Waals surface area contributed by atoms with Gasteiger partial charge >= 0.3 is 5.97 Å². The average Bonchev–Trinajstić information content (AvgIpc) is 2.97. The number of methoxy groups -OCH3 is 1. The lowest BCUT2D eigenvalue weighted by Crippen LogP contribution is -2.56. The van der Waals surface area contributed by atoms with Crippen LogP contribution in [-0.2, 0) is 19.1 Å². The first-order valence-electron chi connectivity index (χ1n) is 9.97. The highest BCUT2D eigenvalue weighted by Gasteiger charge is 2.63. The van der Waals surface area contributed by atoms with Gasteiger partial charge in [-0.2, -0.15) is 0 Å². The largest absolute Gasteiger partial charge is 0.463 e. The summed E-state index contributed by atoms with van der Waals surface area (Å²) in [6.45, 7) is 4.21. The van der Waals surface area contributed by atoms with E-state index in [2.05, 4.69) is 18.6 Å². The van der Waals surface area contributed by atoms with E-state index >= 15 is 0 Å². The van der Waals surface area contributed by atoms with Gasteiger partial charge in [0.25, 0.3) is 0 Å². The minimum Gasteiger partial charge on any atom is -0.463 e. The molecule has 0 saturated heterocycles. The van der Waals surface area contributed by atoms with E-state index in [9.17, 15) is 19.5 Å². The van der Waals surface area contributed by atoms with Crippen molar-refractivity contribution in [1.29, 1.82) is 0 Å². The van der Waals surface area contributed by atoms with E-state index in [1.54, 1.807) is 12.2 Å². The van der Waals surface area contributed by atoms with Gasteiger partial charge in [-0.15, -0.1) is 0 Å². The van der Waals surface area contributed by atoms with Gasteiger partial charge in [0.05, 0.1) is 13.2 Å². The molecule has 0 aromatic rings. The van der Waals surface area contributed by atoms with E-state index in [1.165, 1.54) is 7.11 Å². The number of fused-ring (bicyclic) bond motifs is 5. The molecule has 4 rings (SSSR count). The van der Waals surface area contributed by atoms with E-state index < -0.39 is 17.9 Å². The summed E-state index contributed by atoms with van der Waals surface area (Å²) in [4.78, 5) is 36.3. The Morgan fingerprint density at radius 1 is 1.22 bits per heavy atom. The van der Waals surface area contributed by atoms with Gasteiger partial charge in [0.15, 0.2) is 5.78 Å². The fourth-order valence-corrected chi connectivity index (χ4v) is 7.00. The number of carbonyl (C=O) groups excluding carboxylic acids is 3. The predicted octanol–water partition coefficient (Wildman–Crippen LogP) is 2.62. The summed E-state index contributed by atoms with van der Waals surface area (Å²) in [5.41, 5.74) is 0.443. The lowest BCUT2D eigenvalue weighted by molar-refractivity contribution is -0.159. The third-order valence-electron chi connectivity index (χ3n) is 8.20. The second-order valence-electron chi connectivity index (χ2n) is 9.29. The monoisotopic (exact) mass is 372 g/mol. The van der Waals surface area contributed by atoms with Crippen LogP contribution in [0.2, 0.25) is 0 Å². The van der Waals surface area contributed by atoms with E-state index in [1.807, 2.05) is 6.08 Å². The molecule has 1 unspecified atom stereocenters. The first kappa shape index (κ1) is 18.6. The van der Waals surface area contributed by atoms with Gasteiger partial charge in [-0.1, -0.05) is 25.5 Å². The first-order valence-corrected chi connectivity index (χ1v) is 9.97. The van der Waals surface area contributed by atoms with Crippen LogP contribution in [-0.4, -0.2) is 35.9 Å². The van der Waals surface area contributed by atoms with Crippen molar-refractivity contribution in [3.63, 3.8) is 0 Å². The minimum absolute atomic E-state index is 0.0284. The summed E-state index contributed by atoms with van der Waals surface area (Å²) in [6, 6.07) is 0. The Labute approximate surface area is 159 Å². The summed E-state index contributed by atoms with van der Waals surface area (Å²) in [6.07, 6.45) is 8.66. The van der Waals surface area contributed by atoms with Crippen LogP contribution in [0.4, 0.5) is 0 Å². The number of ketones is 2. The second-order valence-corrected chi connectivity index (χ2v) is 9.29. The molecule has 0 radical (unpaired) electrons. The van der Waals surface area contributed by atoms with Gasteiger partial charge in [-0.25, -0.2) is 4.79 Å². The third kappa shape index (κ3) is 2.50. The fraction of sp³-hybridized carbons (Fsp3) is 0.682. The van der Waals surface area contributed by atoms with Crippen molar-refractivity contribution >= 4 is 17.5 Å². The molecule has 5 nitrogen and oxygen atoms in total. The third-order valence-corrected chi connectivity index (χ3v) is 8.20. The van der Waals surface area contributed by atoms with Crippen LogP contribution in [0, 0.1) is 34.5 Å². The number of aliphatic hydroxyl groups excluding tert-OH is 1. The van der Waals surface area contributed by atoms with Crippen LogP contribution in [0.15, 0.2) is 23.8 Å². The summed E-state index contributed by atoms with van der Waals surface area (Å²) >= 11 is 0. The Hall–Kier alpha value is -1.75. The van der Waals surface area contributed by atoms with Gasteiger partial charge < -0.3 is 9.84 Å². The van der Waals surface area contributed by atoms with Crippen LogP contribution < -0.4 is 0 Å². The molecule has 0 bridgehead atoms. The molecule has 0 heterocycles. The number of hydrogen-bond donors (Lipinski definition) is 1. The zero-order valence-electron chi connectivity index (χ0n) is 16.2. The van der Waals surface area contributed by atoms with Crippen LogP contribution in [0.5, 0.6) is 0 Å². The Morgan fingerprint density at radius 3 is 2.67 bits per heavy atom. The number of carbonyl (C=O) groups is 3. The van der Waals surface area contributed by atoms with Gasteiger partial charge in [0.1, 0.15) is 0 Å². The van der Waals surface area contributed by atoms with Crippen molar-refractivity contribution in [2.45, 2.75) is 52.1 Å². The maximum absolute atomic E-state index is 12.6. The molecule has 146 valence electrons. The molecule has 0 aromatic carbocycles. The SMILES string of the molecule is COC(=O)C(=O)[C@H]1CC[C@H]2[C@@H]3CCC4=CC(=O)C=C[C@]4(C)[C@H]3C(O)C[C@]12C. The molecule has 27 heavy (non-hydrogen) atoms. The van der Waals surface area contributed by atoms with Crippen LogP contribution in [0.1, 0.15) is 46.0 Å². The summed E-state index contributed by atoms with van der Waals surface area (Å²) in [7, 11) is 1.24. The highest BCUT2D eigenvalue weighted by molar-refractivity contribution is 6.34. The molecule has 0 aliphatic heterocycles. The van der Waals surface area contributed by atoms with Crippen LogP contribution >= 0.6 is 0 Å².